The Balaban J connectivity index is 2.82. The highest BCUT2D eigenvalue weighted by atomic mass is 14.8. The molecule has 0 aliphatic heterocycles. The van der Waals surface area contributed by atoms with Crippen molar-refractivity contribution < 1.29 is 0 Å². The molecule has 0 amide bonds. The Labute approximate surface area is 83.2 Å². The van der Waals surface area contributed by atoms with Crippen LogP contribution >= 0.6 is 0 Å². The van der Waals surface area contributed by atoms with Crippen LogP contribution in [0.4, 0.5) is 0 Å². The van der Waals surface area contributed by atoms with Crippen molar-refractivity contribution in [2.75, 3.05) is 0 Å². The van der Waals surface area contributed by atoms with Gasteiger partial charge in [0.05, 0.1) is 11.2 Å². The molecule has 0 N–H and O–H groups in total. The van der Waals surface area contributed by atoms with Crippen molar-refractivity contribution in [3.63, 3.8) is 0 Å². The Kier molecular flexibility index (Phi) is 2.15. The maximum Gasteiger partial charge on any atom is 0.116 e. The van der Waals surface area contributed by atoms with Crippen LogP contribution in [-0.4, -0.2) is 15.0 Å². The molecule has 2 rings (SSSR count). The van der Waals surface area contributed by atoms with Crippen LogP contribution in [0.5, 0.6) is 0 Å². The molecule has 3 heteroatoms. The Morgan fingerprint density at radius 2 is 1.93 bits per heavy atom. The van der Waals surface area contributed by atoms with E-state index in [1.165, 1.54) is 5.56 Å². The van der Waals surface area contributed by atoms with Gasteiger partial charge in [-0.15, -0.1) is 0 Å². The normalized spacial score (nSPS) is 11.1. The van der Waals surface area contributed by atoms with Crippen LogP contribution in [0.15, 0.2) is 18.7 Å². The van der Waals surface area contributed by atoms with E-state index in [1.807, 2.05) is 19.3 Å². The van der Waals surface area contributed by atoms with Crippen LogP contribution in [0.1, 0.15) is 31.0 Å². The van der Waals surface area contributed by atoms with Gasteiger partial charge in [-0.05, 0) is 18.4 Å². The van der Waals surface area contributed by atoms with E-state index >= 15 is 0 Å². The standard InChI is InChI=1S/C11H13N3/c1-7(2)9-5-13-8(3)11-10(9)4-12-6-14-11/h4-7H,1-3H3. The molecule has 72 valence electrons. The van der Waals surface area contributed by atoms with Crippen LogP contribution in [0.25, 0.3) is 10.9 Å². The molecule has 2 aromatic rings. The first-order valence-electron chi connectivity index (χ1n) is 4.75. The molecule has 0 spiro atoms. The van der Waals surface area contributed by atoms with Crippen molar-refractivity contribution in [2.45, 2.75) is 26.7 Å². The lowest BCUT2D eigenvalue weighted by atomic mass is 10.0. The van der Waals surface area contributed by atoms with Gasteiger partial charge in [0.1, 0.15) is 6.33 Å². The van der Waals surface area contributed by atoms with E-state index in [2.05, 4.69) is 28.8 Å². The van der Waals surface area contributed by atoms with Crippen molar-refractivity contribution in [3.8, 4) is 0 Å². The van der Waals surface area contributed by atoms with Crippen LogP contribution < -0.4 is 0 Å². The molecular formula is C11H13N3. The number of aromatic nitrogens is 3. The molecule has 0 unspecified atom stereocenters. The largest absolute Gasteiger partial charge is 0.259 e. The molecular weight excluding hydrogens is 174 g/mol. The van der Waals surface area contributed by atoms with Gasteiger partial charge in [0.15, 0.2) is 0 Å². The molecule has 0 aromatic carbocycles. The van der Waals surface area contributed by atoms with Crippen LogP contribution in [0.2, 0.25) is 0 Å². The van der Waals surface area contributed by atoms with E-state index in [-0.39, 0.29) is 0 Å². The topological polar surface area (TPSA) is 38.7 Å². The SMILES string of the molecule is Cc1ncc(C(C)C)c2cncnc12. The molecule has 0 bridgehead atoms. The third-order valence-corrected chi connectivity index (χ3v) is 2.39. The summed E-state index contributed by atoms with van der Waals surface area (Å²) in [6, 6.07) is 0. The van der Waals surface area contributed by atoms with Gasteiger partial charge in [0, 0.05) is 17.8 Å². The van der Waals surface area contributed by atoms with Gasteiger partial charge < -0.3 is 0 Å². The minimum Gasteiger partial charge on any atom is -0.259 e. The average Bonchev–Trinajstić information content (AvgIpc) is 2.18. The molecule has 0 atom stereocenters. The van der Waals surface area contributed by atoms with E-state index in [1.54, 1.807) is 6.33 Å². The van der Waals surface area contributed by atoms with Crippen LogP contribution in [0, 0.1) is 6.92 Å². The predicted molar refractivity (Wildman–Crippen MR) is 56.2 cm³/mol. The van der Waals surface area contributed by atoms with E-state index in [0.29, 0.717) is 5.92 Å². The molecule has 0 aliphatic rings. The first-order valence-corrected chi connectivity index (χ1v) is 4.75. The van der Waals surface area contributed by atoms with Gasteiger partial charge >= 0.3 is 0 Å². The Morgan fingerprint density at radius 1 is 1.14 bits per heavy atom. The summed E-state index contributed by atoms with van der Waals surface area (Å²) >= 11 is 0. The number of fused-ring (bicyclic) bond motifs is 1. The second-order valence-corrected chi connectivity index (χ2v) is 3.74. The summed E-state index contributed by atoms with van der Waals surface area (Å²) in [6.07, 6.45) is 5.36. The number of rotatable bonds is 1. The number of nitrogens with zero attached hydrogens (tertiary/aromatic N) is 3. The quantitative estimate of drug-likeness (QED) is 0.688. The van der Waals surface area contributed by atoms with Gasteiger partial charge in [0.25, 0.3) is 0 Å². The second-order valence-electron chi connectivity index (χ2n) is 3.74. The van der Waals surface area contributed by atoms with Crippen molar-refractivity contribution >= 4 is 10.9 Å². The first kappa shape index (κ1) is 9.06. The van der Waals surface area contributed by atoms with Gasteiger partial charge in [0.2, 0.25) is 0 Å². The van der Waals surface area contributed by atoms with Gasteiger partial charge in [-0.3, -0.25) is 4.98 Å². The Hall–Kier alpha value is -1.51. The van der Waals surface area contributed by atoms with E-state index < -0.39 is 0 Å². The zero-order chi connectivity index (χ0) is 10.1. The van der Waals surface area contributed by atoms with E-state index in [0.717, 1.165) is 16.6 Å². The molecule has 0 saturated carbocycles. The molecule has 0 aliphatic carbocycles. The lowest BCUT2D eigenvalue weighted by molar-refractivity contribution is 0.865. The zero-order valence-electron chi connectivity index (χ0n) is 8.65. The van der Waals surface area contributed by atoms with Gasteiger partial charge in [-0.25, -0.2) is 9.97 Å². The van der Waals surface area contributed by atoms with E-state index in [9.17, 15) is 0 Å². The second kappa shape index (κ2) is 3.33. The first-order chi connectivity index (χ1) is 6.70. The molecule has 3 nitrogen and oxygen atoms in total. The summed E-state index contributed by atoms with van der Waals surface area (Å²) in [7, 11) is 0. The Bertz CT molecular complexity index is 463. The molecule has 14 heavy (non-hydrogen) atoms. The van der Waals surface area contributed by atoms with Crippen molar-refractivity contribution in [2.24, 2.45) is 0 Å². The Morgan fingerprint density at radius 3 is 2.64 bits per heavy atom. The molecule has 0 radical (unpaired) electrons. The number of hydrogen-bond acceptors (Lipinski definition) is 3. The fourth-order valence-electron chi connectivity index (χ4n) is 1.59. The fourth-order valence-corrected chi connectivity index (χ4v) is 1.59. The minimum absolute atomic E-state index is 0.455. The summed E-state index contributed by atoms with van der Waals surface area (Å²) in [5.74, 6) is 0.455. The molecule has 2 heterocycles. The number of pyridine rings is 1. The zero-order valence-corrected chi connectivity index (χ0v) is 8.65. The average molecular weight is 187 g/mol. The monoisotopic (exact) mass is 187 g/mol. The molecule has 0 fully saturated rings. The summed E-state index contributed by atoms with van der Waals surface area (Å²) < 4.78 is 0. The van der Waals surface area contributed by atoms with Gasteiger partial charge in [-0.2, -0.15) is 0 Å². The summed E-state index contributed by atoms with van der Waals surface area (Å²) in [6.45, 7) is 6.27. The smallest absolute Gasteiger partial charge is 0.116 e. The number of aryl methyl sites for hydroxylation is 1. The highest BCUT2D eigenvalue weighted by molar-refractivity contribution is 5.82. The summed E-state index contributed by atoms with van der Waals surface area (Å²) in [5.41, 5.74) is 3.14. The van der Waals surface area contributed by atoms with Crippen LogP contribution in [0.3, 0.4) is 0 Å². The summed E-state index contributed by atoms with van der Waals surface area (Å²) in [4.78, 5) is 12.6. The molecule has 2 aromatic heterocycles. The van der Waals surface area contributed by atoms with Crippen molar-refractivity contribution in [1.29, 1.82) is 0 Å². The minimum atomic E-state index is 0.455. The van der Waals surface area contributed by atoms with Crippen molar-refractivity contribution in [1.82, 2.24) is 15.0 Å². The van der Waals surface area contributed by atoms with Crippen LogP contribution in [-0.2, 0) is 0 Å². The highest BCUT2D eigenvalue weighted by Gasteiger charge is 2.08. The van der Waals surface area contributed by atoms with Gasteiger partial charge in [-0.1, -0.05) is 13.8 Å². The van der Waals surface area contributed by atoms with E-state index in [4.69, 9.17) is 0 Å². The maximum absolute atomic E-state index is 4.34. The third-order valence-electron chi connectivity index (χ3n) is 2.39. The highest BCUT2D eigenvalue weighted by Crippen LogP contribution is 2.23. The summed E-state index contributed by atoms with van der Waals surface area (Å²) in [5, 5.41) is 1.12. The lowest BCUT2D eigenvalue weighted by Gasteiger charge is -2.09. The lowest BCUT2D eigenvalue weighted by Crippen LogP contribution is -1.96. The fraction of sp³-hybridized carbons (Fsp3) is 0.364. The predicted octanol–water partition coefficient (Wildman–Crippen LogP) is 2.46. The third kappa shape index (κ3) is 1.35. The maximum atomic E-state index is 4.34. The molecule has 0 saturated heterocycles. The van der Waals surface area contributed by atoms with Crippen molar-refractivity contribution in [3.05, 3.63) is 30.0 Å². The number of hydrogen-bond donors (Lipinski definition) is 0.